The lowest BCUT2D eigenvalue weighted by Crippen LogP contribution is -2.62. The van der Waals surface area contributed by atoms with Crippen molar-refractivity contribution in [3.63, 3.8) is 0 Å². The Hall–Kier alpha value is -0.910. The molecule has 1 saturated carbocycles. The maximum absolute atomic E-state index is 12.1. The van der Waals surface area contributed by atoms with Crippen LogP contribution >= 0.6 is 0 Å². The molecule has 2 aliphatic rings. The Labute approximate surface area is 120 Å². The normalized spacial score (nSPS) is 21.4. The van der Waals surface area contributed by atoms with Gasteiger partial charge in [0.05, 0.1) is 23.4 Å². The Balaban J connectivity index is 1.47. The van der Waals surface area contributed by atoms with Crippen LogP contribution < -0.4 is 5.32 Å². The summed E-state index contributed by atoms with van der Waals surface area (Å²) < 4.78 is 30.0. The summed E-state index contributed by atoms with van der Waals surface area (Å²) in [6.07, 6.45) is 2.40. The molecule has 0 aromatic heterocycles. The van der Waals surface area contributed by atoms with E-state index in [1.54, 1.807) is 12.1 Å². The van der Waals surface area contributed by atoms with Gasteiger partial charge in [-0.05, 0) is 31.9 Å². The predicted octanol–water partition coefficient (Wildman–Crippen LogP) is 1.54. The lowest BCUT2D eigenvalue weighted by molar-refractivity contribution is -0.0989. The van der Waals surface area contributed by atoms with Gasteiger partial charge in [-0.15, -0.1) is 0 Å². The van der Waals surface area contributed by atoms with E-state index in [-0.39, 0.29) is 11.9 Å². The fourth-order valence-corrected chi connectivity index (χ4v) is 4.08. The number of aryl methyl sites for hydroxylation is 1. The first-order valence-electron chi connectivity index (χ1n) is 7.11. The zero-order valence-corrected chi connectivity index (χ0v) is 12.6. The van der Waals surface area contributed by atoms with Crippen molar-refractivity contribution in [2.45, 2.75) is 30.8 Å². The van der Waals surface area contributed by atoms with Gasteiger partial charge >= 0.3 is 0 Å². The van der Waals surface area contributed by atoms with Crippen molar-refractivity contribution in [2.24, 2.45) is 5.41 Å². The molecule has 110 valence electrons. The Morgan fingerprint density at radius 3 is 2.45 bits per heavy atom. The molecule has 1 spiro atoms. The van der Waals surface area contributed by atoms with Crippen LogP contribution in [0.5, 0.6) is 0 Å². The molecular weight excluding hydrogens is 274 g/mol. The molecule has 1 aromatic carbocycles. The lowest BCUT2D eigenvalue weighted by atomic mass is 9.63. The molecule has 5 heteroatoms. The average Bonchev–Trinajstić information content (AvgIpc) is 2.30. The molecular formula is C15H21NO3S. The largest absolute Gasteiger partial charge is 0.377 e. The molecule has 1 heterocycles. The Morgan fingerprint density at radius 2 is 1.90 bits per heavy atom. The molecule has 20 heavy (non-hydrogen) atoms. The van der Waals surface area contributed by atoms with Crippen molar-refractivity contribution in [2.75, 3.05) is 25.4 Å². The van der Waals surface area contributed by atoms with Crippen LogP contribution in [0.15, 0.2) is 29.2 Å². The molecule has 1 aromatic rings. The zero-order chi connectivity index (χ0) is 14.2. The molecule has 0 bridgehead atoms. The van der Waals surface area contributed by atoms with E-state index in [0.717, 1.165) is 31.5 Å². The van der Waals surface area contributed by atoms with E-state index >= 15 is 0 Å². The van der Waals surface area contributed by atoms with Gasteiger partial charge in [-0.2, -0.15) is 0 Å². The van der Waals surface area contributed by atoms with Crippen LogP contribution in [0.1, 0.15) is 18.4 Å². The summed E-state index contributed by atoms with van der Waals surface area (Å²) in [6, 6.07) is 6.99. The van der Waals surface area contributed by atoms with Crippen molar-refractivity contribution in [1.82, 2.24) is 5.32 Å². The van der Waals surface area contributed by atoms with Crippen LogP contribution in [0.2, 0.25) is 0 Å². The van der Waals surface area contributed by atoms with Gasteiger partial charge in [0.1, 0.15) is 0 Å². The number of hydrogen-bond donors (Lipinski definition) is 1. The van der Waals surface area contributed by atoms with Crippen molar-refractivity contribution < 1.29 is 13.2 Å². The first kappa shape index (κ1) is 14.0. The molecule has 0 unspecified atom stereocenters. The van der Waals surface area contributed by atoms with Crippen molar-refractivity contribution in [3.8, 4) is 0 Å². The number of rotatable bonds is 5. The average molecular weight is 295 g/mol. The van der Waals surface area contributed by atoms with Gasteiger partial charge in [0, 0.05) is 18.5 Å². The minimum absolute atomic E-state index is 0.0673. The maximum Gasteiger partial charge on any atom is 0.180 e. The molecule has 0 radical (unpaired) electrons. The second-order valence-electron chi connectivity index (χ2n) is 6.14. The van der Waals surface area contributed by atoms with E-state index < -0.39 is 9.84 Å². The van der Waals surface area contributed by atoms with Gasteiger partial charge < -0.3 is 10.1 Å². The molecule has 0 atom stereocenters. The van der Waals surface area contributed by atoms with Crippen LogP contribution in [0.3, 0.4) is 0 Å². The minimum Gasteiger partial charge on any atom is -0.377 e. The predicted molar refractivity (Wildman–Crippen MR) is 77.5 cm³/mol. The van der Waals surface area contributed by atoms with Crippen molar-refractivity contribution >= 4 is 9.84 Å². The van der Waals surface area contributed by atoms with Crippen LogP contribution in [-0.2, 0) is 14.6 Å². The number of ether oxygens (including phenoxy) is 1. The van der Waals surface area contributed by atoms with Gasteiger partial charge in [0.15, 0.2) is 9.84 Å². The summed E-state index contributed by atoms with van der Waals surface area (Å²) in [5.74, 6) is 0.0673. The Bertz CT molecular complexity index is 568. The maximum atomic E-state index is 12.1. The number of benzene rings is 1. The van der Waals surface area contributed by atoms with E-state index in [1.807, 2.05) is 19.1 Å². The monoisotopic (exact) mass is 295 g/mol. The highest BCUT2D eigenvalue weighted by Gasteiger charge is 2.48. The molecule has 1 N–H and O–H groups in total. The SMILES string of the molecule is Cc1ccc(S(=O)(=O)CCOC2CC3(CNC3)C2)cc1. The van der Waals surface area contributed by atoms with E-state index in [0.29, 0.717) is 16.9 Å². The van der Waals surface area contributed by atoms with Gasteiger partial charge in [-0.1, -0.05) is 17.7 Å². The molecule has 4 nitrogen and oxygen atoms in total. The first-order valence-corrected chi connectivity index (χ1v) is 8.76. The zero-order valence-electron chi connectivity index (χ0n) is 11.8. The third-order valence-corrected chi connectivity index (χ3v) is 6.10. The highest BCUT2D eigenvalue weighted by atomic mass is 32.2. The van der Waals surface area contributed by atoms with Gasteiger partial charge in [0.25, 0.3) is 0 Å². The number of nitrogens with one attached hydrogen (secondary N) is 1. The van der Waals surface area contributed by atoms with Crippen molar-refractivity contribution in [1.29, 1.82) is 0 Å². The fraction of sp³-hybridized carbons (Fsp3) is 0.600. The third-order valence-electron chi connectivity index (χ3n) is 4.41. The second-order valence-corrected chi connectivity index (χ2v) is 8.25. The van der Waals surface area contributed by atoms with E-state index in [1.165, 1.54) is 0 Å². The van der Waals surface area contributed by atoms with Gasteiger partial charge in [0.2, 0.25) is 0 Å². The number of hydrogen-bond acceptors (Lipinski definition) is 4. The topological polar surface area (TPSA) is 55.4 Å². The van der Waals surface area contributed by atoms with Gasteiger partial charge in [-0.3, -0.25) is 0 Å². The summed E-state index contributed by atoms with van der Waals surface area (Å²) in [4.78, 5) is 0.389. The Morgan fingerprint density at radius 1 is 1.25 bits per heavy atom. The standard InChI is InChI=1S/C15H21NO3S/c1-12-2-4-14(5-3-12)20(17,18)7-6-19-13-8-15(9-13)10-16-11-15/h2-5,13,16H,6-11H2,1H3. The summed E-state index contributed by atoms with van der Waals surface area (Å²) >= 11 is 0. The number of sulfone groups is 1. The minimum atomic E-state index is -3.21. The molecule has 0 amide bonds. The van der Waals surface area contributed by atoms with Crippen LogP contribution in [0, 0.1) is 12.3 Å². The second kappa shape index (κ2) is 5.13. The smallest absolute Gasteiger partial charge is 0.180 e. The Kier molecular flexibility index (Phi) is 3.60. The third kappa shape index (κ3) is 2.75. The summed E-state index contributed by atoms with van der Waals surface area (Å²) in [5.41, 5.74) is 1.54. The summed E-state index contributed by atoms with van der Waals surface area (Å²) in [7, 11) is -3.21. The molecule has 1 aliphatic heterocycles. The lowest BCUT2D eigenvalue weighted by Gasteiger charge is -2.54. The fourth-order valence-electron chi connectivity index (χ4n) is 2.98. The first-order chi connectivity index (χ1) is 9.49. The van der Waals surface area contributed by atoms with E-state index in [2.05, 4.69) is 5.32 Å². The molecule has 3 rings (SSSR count). The van der Waals surface area contributed by atoms with Crippen LogP contribution in [0.4, 0.5) is 0 Å². The van der Waals surface area contributed by atoms with Crippen LogP contribution in [0.25, 0.3) is 0 Å². The van der Waals surface area contributed by atoms with Crippen LogP contribution in [-0.4, -0.2) is 40.0 Å². The van der Waals surface area contributed by atoms with Gasteiger partial charge in [-0.25, -0.2) is 8.42 Å². The van der Waals surface area contributed by atoms with Crippen molar-refractivity contribution in [3.05, 3.63) is 29.8 Å². The molecule has 2 fully saturated rings. The van der Waals surface area contributed by atoms with E-state index in [9.17, 15) is 8.42 Å². The highest BCUT2D eigenvalue weighted by Crippen LogP contribution is 2.45. The molecule has 1 saturated heterocycles. The summed E-state index contributed by atoms with van der Waals surface area (Å²) in [6.45, 7) is 4.43. The summed E-state index contributed by atoms with van der Waals surface area (Å²) in [5, 5.41) is 3.28. The highest BCUT2D eigenvalue weighted by molar-refractivity contribution is 7.91. The molecule has 1 aliphatic carbocycles. The quantitative estimate of drug-likeness (QED) is 0.895. The van der Waals surface area contributed by atoms with E-state index in [4.69, 9.17) is 4.74 Å².